The topological polar surface area (TPSA) is 55.2 Å². The lowest BCUT2D eigenvalue weighted by atomic mass is 9.96. The minimum Gasteiger partial charge on any atom is -0.315 e. The fourth-order valence-corrected chi connectivity index (χ4v) is 3.65. The zero-order valence-electron chi connectivity index (χ0n) is 14.3. The van der Waals surface area contributed by atoms with E-state index in [1.54, 1.807) is 22.6 Å². The molecule has 1 aromatic heterocycles. The molecule has 5 nitrogen and oxygen atoms in total. The number of benzene rings is 2. The number of anilines is 1. The van der Waals surface area contributed by atoms with Gasteiger partial charge in [-0.05, 0) is 30.7 Å². The Morgan fingerprint density at radius 2 is 1.76 bits per heavy atom. The van der Waals surface area contributed by atoms with Crippen molar-refractivity contribution in [3.63, 3.8) is 0 Å². The number of likely N-dealkylation sites (N-methyl/N-ethyl adjacent to an activating group) is 1. The number of carbonyl (C=O) groups is 1. The lowest BCUT2D eigenvalue weighted by molar-refractivity contribution is -0.119. The van der Waals surface area contributed by atoms with E-state index < -0.39 is 0 Å². The van der Waals surface area contributed by atoms with Crippen LogP contribution < -0.4 is 10.5 Å². The van der Waals surface area contributed by atoms with Crippen LogP contribution in [0.25, 0.3) is 10.9 Å². The maximum Gasteiger partial charge on any atom is 0.261 e. The fourth-order valence-electron chi connectivity index (χ4n) is 3.65. The van der Waals surface area contributed by atoms with Crippen molar-refractivity contribution >= 4 is 22.5 Å². The number of aromatic nitrogens is 2. The molecule has 0 N–H and O–H groups in total. The maximum absolute atomic E-state index is 12.8. The largest absolute Gasteiger partial charge is 0.315 e. The number of para-hydroxylation sites is 2. The standard InChI is InChI=1S/C20H19N3O2/c1-3-23-18(21-16-10-6-4-9-14(16)20(23)25)12-15-13-8-5-7-11-17(13)22(2)19(15)24/h4-11,15H,3,12H2,1-2H3. The van der Waals surface area contributed by atoms with Crippen LogP contribution in [-0.2, 0) is 17.8 Å². The number of amides is 1. The van der Waals surface area contributed by atoms with Crippen LogP contribution in [-0.4, -0.2) is 22.5 Å². The van der Waals surface area contributed by atoms with E-state index in [9.17, 15) is 9.59 Å². The molecule has 1 aliphatic heterocycles. The summed E-state index contributed by atoms with van der Waals surface area (Å²) in [7, 11) is 1.79. The van der Waals surface area contributed by atoms with Crippen molar-refractivity contribution in [1.82, 2.24) is 9.55 Å². The molecule has 0 spiro atoms. The van der Waals surface area contributed by atoms with Gasteiger partial charge in [-0.3, -0.25) is 14.2 Å². The minimum absolute atomic E-state index is 0.0461. The molecule has 0 saturated heterocycles. The average molecular weight is 333 g/mol. The predicted octanol–water partition coefficient (Wildman–Crippen LogP) is 2.72. The van der Waals surface area contributed by atoms with Crippen LogP contribution >= 0.6 is 0 Å². The molecular formula is C20H19N3O2. The van der Waals surface area contributed by atoms with E-state index in [2.05, 4.69) is 0 Å². The van der Waals surface area contributed by atoms with Gasteiger partial charge in [0.2, 0.25) is 5.91 Å². The minimum atomic E-state index is -0.299. The van der Waals surface area contributed by atoms with Gasteiger partial charge in [0.25, 0.3) is 5.56 Å². The van der Waals surface area contributed by atoms with Crippen molar-refractivity contribution in [3.05, 3.63) is 70.3 Å². The van der Waals surface area contributed by atoms with Gasteiger partial charge < -0.3 is 4.90 Å². The van der Waals surface area contributed by atoms with Crippen LogP contribution in [0.2, 0.25) is 0 Å². The number of nitrogens with zero attached hydrogens (tertiary/aromatic N) is 3. The van der Waals surface area contributed by atoms with Gasteiger partial charge in [0, 0.05) is 25.7 Å². The Morgan fingerprint density at radius 3 is 2.56 bits per heavy atom. The van der Waals surface area contributed by atoms with Crippen molar-refractivity contribution in [1.29, 1.82) is 0 Å². The van der Waals surface area contributed by atoms with E-state index in [1.165, 1.54) is 0 Å². The van der Waals surface area contributed by atoms with Gasteiger partial charge in [-0.25, -0.2) is 4.98 Å². The molecule has 25 heavy (non-hydrogen) atoms. The SMILES string of the molecule is CCn1c(CC2C(=O)N(C)c3ccccc32)nc2ccccc2c1=O. The molecule has 0 bridgehead atoms. The van der Waals surface area contributed by atoms with Crippen molar-refractivity contribution in [2.45, 2.75) is 25.8 Å². The first-order valence-electron chi connectivity index (χ1n) is 8.46. The molecular weight excluding hydrogens is 314 g/mol. The van der Waals surface area contributed by atoms with E-state index in [0.717, 1.165) is 11.3 Å². The Labute approximate surface area is 145 Å². The number of fused-ring (bicyclic) bond motifs is 2. The highest BCUT2D eigenvalue weighted by Gasteiger charge is 2.35. The van der Waals surface area contributed by atoms with Gasteiger partial charge >= 0.3 is 0 Å². The van der Waals surface area contributed by atoms with Crippen LogP contribution in [0.1, 0.15) is 24.2 Å². The molecule has 0 aliphatic carbocycles. The first-order valence-corrected chi connectivity index (χ1v) is 8.46. The monoisotopic (exact) mass is 333 g/mol. The number of hydrogen-bond donors (Lipinski definition) is 0. The van der Waals surface area contributed by atoms with Crippen LogP contribution in [0.4, 0.5) is 5.69 Å². The van der Waals surface area contributed by atoms with Crippen molar-refractivity contribution in [2.24, 2.45) is 0 Å². The van der Waals surface area contributed by atoms with Crippen molar-refractivity contribution in [3.8, 4) is 0 Å². The van der Waals surface area contributed by atoms with Crippen LogP contribution in [0.5, 0.6) is 0 Å². The van der Waals surface area contributed by atoms with Gasteiger partial charge in [-0.2, -0.15) is 0 Å². The summed E-state index contributed by atoms with van der Waals surface area (Å²) in [5, 5.41) is 0.614. The number of rotatable bonds is 3. The van der Waals surface area contributed by atoms with E-state index in [4.69, 9.17) is 4.98 Å². The van der Waals surface area contributed by atoms with Gasteiger partial charge in [0.15, 0.2) is 0 Å². The van der Waals surface area contributed by atoms with Gasteiger partial charge in [-0.15, -0.1) is 0 Å². The summed E-state index contributed by atoms with van der Waals surface area (Å²) in [5.41, 5.74) is 2.57. The highest BCUT2D eigenvalue weighted by Crippen LogP contribution is 2.37. The van der Waals surface area contributed by atoms with Crippen molar-refractivity contribution < 1.29 is 4.79 Å². The second-order valence-corrected chi connectivity index (χ2v) is 6.31. The summed E-state index contributed by atoms with van der Waals surface area (Å²) in [6.07, 6.45) is 0.425. The summed E-state index contributed by atoms with van der Waals surface area (Å²) >= 11 is 0. The Kier molecular flexibility index (Phi) is 3.64. The quantitative estimate of drug-likeness (QED) is 0.740. The lowest BCUT2D eigenvalue weighted by Crippen LogP contribution is -2.29. The Morgan fingerprint density at radius 1 is 1.04 bits per heavy atom. The van der Waals surface area contributed by atoms with E-state index in [1.807, 2.05) is 49.4 Å². The Balaban J connectivity index is 1.84. The Hall–Kier alpha value is -2.95. The molecule has 0 saturated carbocycles. The van der Waals surface area contributed by atoms with E-state index in [0.29, 0.717) is 29.7 Å². The third-order valence-corrected chi connectivity index (χ3v) is 4.95. The molecule has 1 amide bonds. The summed E-state index contributed by atoms with van der Waals surface area (Å²) < 4.78 is 1.68. The summed E-state index contributed by atoms with van der Waals surface area (Å²) in [6, 6.07) is 15.2. The third-order valence-electron chi connectivity index (χ3n) is 4.95. The smallest absolute Gasteiger partial charge is 0.261 e. The van der Waals surface area contributed by atoms with Gasteiger partial charge in [0.1, 0.15) is 5.82 Å². The third kappa shape index (κ3) is 2.35. The fraction of sp³-hybridized carbons (Fsp3) is 0.250. The molecule has 1 atom stereocenters. The van der Waals surface area contributed by atoms with Gasteiger partial charge in [0.05, 0.1) is 16.8 Å². The lowest BCUT2D eigenvalue weighted by Gasteiger charge is -2.15. The second-order valence-electron chi connectivity index (χ2n) is 6.31. The Bertz CT molecular complexity index is 1040. The second kappa shape index (κ2) is 5.84. The number of carbonyl (C=O) groups excluding carboxylic acids is 1. The highest BCUT2D eigenvalue weighted by atomic mass is 16.2. The van der Waals surface area contributed by atoms with Crippen LogP contribution in [0, 0.1) is 0 Å². The zero-order valence-corrected chi connectivity index (χ0v) is 14.3. The summed E-state index contributed by atoms with van der Waals surface area (Å²) in [6.45, 7) is 2.46. The van der Waals surface area contributed by atoms with Crippen LogP contribution in [0.15, 0.2) is 53.3 Å². The molecule has 2 heterocycles. The van der Waals surface area contributed by atoms with E-state index in [-0.39, 0.29) is 17.4 Å². The zero-order chi connectivity index (χ0) is 17.6. The molecule has 0 radical (unpaired) electrons. The molecule has 1 unspecified atom stereocenters. The molecule has 3 aromatic rings. The first-order chi connectivity index (χ1) is 12.1. The van der Waals surface area contributed by atoms with Crippen molar-refractivity contribution in [2.75, 3.05) is 11.9 Å². The molecule has 0 fully saturated rings. The van der Waals surface area contributed by atoms with E-state index >= 15 is 0 Å². The summed E-state index contributed by atoms with van der Waals surface area (Å²) in [4.78, 5) is 31.9. The molecule has 1 aliphatic rings. The normalized spacial score (nSPS) is 16.5. The maximum atomic E-state index is 12.8. The summed E-state index contributed by atoms with van der Waals surface area (Å²) in [5.74, 6) is 0.410. The molecule has 4 rings (SSSR count). The number of hydrogen-bond acceptors (Lipinski definition) is 3. The average Bonchev–Trinajstić information content (AvgIpc) is 2.87. The predicted molar refractivity (Wildman–Crippen MR) is 98.0 cm³/mol. The highest BCUT2D eigenvalue weighted by molar-refractivity contribution is 6.04. The molecule has 2 aromatic carbocycles. The molecule has 126 valence electrons. The first kappa shape index (κ1) is 15.6. The van der Waals surface area contributed by atoms with Gasteiger partial charge in [-0.1, -0.05) is 30.3 Å². The molecule has 5 heteroatoms. The van der Waals surface area contributed by atoms with Crippen LogP contribution in [0.3, 0.4) is 0 Å².